The van der Waals surface area contributed by atoms with Gasteiger partial charge in [0, 0.05) is 10.8 Å². The van der Waals surface area contributed by atoms with Gasteiger partial charge in [-0.3, -0.25) is 9.78 Å². The molecule has 2 aromatic rings. The average molecular weight is 231 g/mol. The van der Waals surface area contributed by atoms with Crippen LogP contribution in [-0.4, -0.2) is 4.98 Å². The number of benzene rings is 1. The Hall–Kier alpha value is -1.85. The first-order valence-electron chi connectivity index (χ1n) is 4.28. The molecule has 2 nitrogen and oxygen atoms in total. The number of hydrogen-bond acceptors (Lipinski definition) is 1. The van der Waals surface area contributed by atoms with Gasteiger partial charge in [0.05, 0.1) is 5.56 Å². The zero-order valence-corrected chi connectivity index (χ0v) is 7.73. The van der Waals surface area contributed by atoms with E-state index < -0.39 is 28.6 Å². The van der Waals surface area contributed by atoms with Crippen molar-refractivity contribution in [2.24, 2.45) is 0 Å². The number of aromatic amines is 1. The molecule has 0 spiro atoms. The van der Waals surface area contributed by atoms with Gasteiger partial charge in [-0.1, -0.05) is 6.07 Å². The number of H-pyrrole nitrogens is 1. The first-order chi connectivity index (χ1) is 7.39. The Labute approximate surface area is 86.5 Å². The third kappa shape index (κ3) is 1.66. The quantitative estimate of drug-likeness (QED) is 0.548. The molecule has 0 aliphatic heterocycles. The summed E-state index contributed by atoms with van der Waals surface area (Å²) in [5.41, 5.74) is -1.89. The standard InChI is InChI=1S/C10H5F4NO/c11-8-4-6-5(9(16)15-8)2-1-3-7(6)10(12,13)14/h1-4H,(H,15,16). The first kappa shape index (κ1) is 10.7. The zero-order valence-electron chi connectivity index (χ0n) is 7.73. The Morgan fingerprint density at radius 2 is 1.81 bits per heavy atom. The molecule has 0 amide bonds. The minimum atomic E-state index is -4.61. The number of fused-ring (bicyclic) bond motifs is 1. The molecule has 1 aromatic carbocycles. The summed E-state index contributed by atoms with van der Waals surface area (Å²) in [7, 11) is 0. The lowest BCUT2D eigenvalue weighted by Crippen LogP contribution is -2.12. The fourth-order valence-corrected chi connectivity index (χ4v) is 1.50. The van der Waals surface area contributed by atoms with Crippen LogP contribution in [0.15, 0.2) is 29.1 Å². The van der Waals surface area contributed by atoms with Crippen LogP contribution in [0.4, 0.5) is 17.6 Å². The van der Waals surface area contributed by atoms with Crippen molar-refractivity contribution in [3.8, 4) is 0 Å². The lowest BCUT2D eigenvalue weighted by Gasteiger charge is -2.09. The summed E-state index contributed by atoms with van der Waals surface area (Å²) in [5, 5.41) is -0.618. The Morgan fingerprint density at radius 1 is 1.12 bits per heavy atom. The van der Waals surface area contributed by atoms with Gasteiger partial charge in [-0.2, -0.15) is 17.6 Å². The van der Waals surface area contributed by atoms with Crippen LogP contribution in [0.3, 0.4) is 0 Å². The van der Waals surface area contributed by atoms with Crippen molar-refractivity contribution in [2.75, 3.05) is 0 Å². The lowest BCUT2D eigenvalue weighted by molar-refractivity contribution is -0.136. The highest BCUT2D eigenvalue weighted by Crippen LogP contribution is 2.33. The monoisotopic (exact) mass is 231 g/mol. The van der Waals surface area contributed by atoms with Crippen molar-refractivity contribution in [3.05, 3.63) is 46.1 Å². The highest BCUT2D eigenvalue weighted by molar-refractivity contribution is 5.85. The molecule has 16 heavy (non-hydrogen) atoms. The Bertz CT molecular complexity index is 600. The molecule has 0 bridgehead atoms. The second kappa shape index (κ2) is 3.33. The molecule has 0 fully saturated rings. The highest BCUT2D eigenvalue weighted by atomic mass is 19.4. The fourth-order valence-electron chi connectivity index (χ4n) is 1.50. The van der Waals surface area contributed by atoms with Gasteiger partial charge in [-0.25, -0.2) is 0 Å². The minimum absolute atomic E-state index is 0.184. The maximum Gasteiger partial charge on any atom is 0.417 e. The largest absolute Gasteiger partial charge is 0.417 e. The van der Waals surface area contributed by atoms with Crippen LogP contribution in [0.25, 0.3) is 10.8 Å². The number of nitrogens with one attached hydrogen (secondary N) is 1. The second-order valence-corrected chi connectivity index (χ2v) is 3.21. The predicted molar refractivity (Wildman–Crippen MR) is 49.5 cm³/mol. The molecule has 2 rings (SSSR count). The number of aromatic nitrogens is 1. The third-order valence-electron chi connectivity index (χ3n) is 2.16. The van der Waals surface area contributed by atoms with E-state index in [9.17, 15) is 22.4 Å². The number of hydrogen-bond donors (Lipinski definition) is 1. The van der Waals surface area contributed by atoms with Gasteiger partial charge < -0.3 is 0 Å². The van der Waals surface area contributed by atoms with E-state index in [1.807, 2.05) is 0 Å². The van der Waals surface area contributed by atoms with E-state index in [-0.39, 0.29) is 5.39 Å². The Morgan fingerprint density at radius 3 is 2.44 bits per heavy atom. The van der Waals surface area contributed by atoms with E-state index in [1.54, 1.807) is 4.98 Å². The van der Waals surface area contributed by atoms with Crippen LogP contribution >= 0.6 is 0 Å². The van der Waals surface area contributed by atoms with Crippen molar-refractivity contribution in [1.29, 1.82) is 0 Å². The predicted octanol–water partition coefficient (Wildman–Crippen LogP) is 2.69. The van der Waals surface area contributed by atoms with Crippen LogP contribution in [0.2, 0.25) is 0 Å². The van der Waals surface area contributed by atoms with Crippen molar-refractivity contribution < 1.29 is 17.6 Å². The van der Waals surface area contributed by atoms with Crippen LogP contribution in [0.1, 0.15) is 5.56 Å². The van der Waals surface area contributed by atoms with Gasteiger partial charge in [-0.15, -0.1) is 0 Å². The number of pyridine rings is 1. The average Bonchev–Trinajstić information content (AvgIpc) is 2.15. The summed E-state index contributed by atoms with van der Waals surface area (Å²) in [6.07, 6.45) is -4.61. The van der Waals surface area contributed by atoms with E-state index in [2.05, 4.69) is 0 Å². The summed E-state index contributed by atoms with van der Waals surface area (Å²) >= 11 is 0. The van der Waals surface area contributed by atoms with Crippen molar-refractivity contribution in [3.63, 3.8) is 0 Å². The van der Waals surface area contributed by atoms with Gasteiger partial charge in [0.1, 0.15) is 0 Å². The molecule has 0 radical (unpaired) electrons. The van der Waals surface area contributed by atoms with Crippen molar-refractivity contribution in [1.82, 2.24) is 4.98 Å². The molecule has 0 unspecified atom stereocenters. The highest BCUT2D eigenvalue weighted by Gasteiger charge is 2.32. The maximum atomic E-state index is 12.8. The molecule has 1 aromatic heterocycles. The molecule has 0 aliphatic rings. The molecular formula is C10H5F4NO. The van der Waals surface area contributed by atoms with Gasteiger partial charge in [0.25, 0.3) is 5.56 Å². The molecule has 0 aliphatic carbocycles. The van der Waals surface area contributed by atoms with Crippen LogP contribution in [0, 0.1) is 5.95 Å². The van der Waals surface area contributed by atoms with Gasteiger partial charge in [-0.05, 0) is 18.2 Å². The molecular weight excluding hydrogens is 226 g/mol. The minimum Gasteiger partial charge on any atom is -0.298 e. The fraction of sp³-hybridized carbons (Fsp3) is 0.100. The SMILES string of the molecule is O=c1[nH]c(F)cc2c(C(F)(F)F)cccc12. The Kier molecular flexibility index (Phi) is 2.22. The van der Waals surface area contributed by atoms with Crippen LogP contribution in [0.5, 0.6) is 0 Å². The third-order valence-corrected chi connectivity index (χ3v) is 2.16. The van der Waals surface area contributed by atoms with E-state index in [0.29, 0.717) is 6.07 Å². The number of alkyl halides is 3. The van der Waals surface area contributed by atoms with Crippen molar-refractivity contribution in [2.45, 2.75) is 6.18 Å². The van der Waals surface area contributed by atoms with E-state index >= 15 is 0 Å². The topological polar surface area (TPSA) is 32.9 Å². The molecule has 6 heteroatoms. The van der Waals surface area contributed by atoms with Gasteiger partial charge in [0.15, 0.2) is 5.95 Å². The molecule has 0 atom stereocenters. The van der Waals surface area contributed by atoms with Gasteiger partial charge in [0.2, 0.25) is 0 Å². The maximum absolute atomic E-state index is 12.8. The first-order valence-corrected chi connectivity index (χ1v) is 4.28. The molecule has 0 saturated carbocycles. The summed E-state index contributed by atoms with van der Waals surface area (Å²) in [5.74, 6) is -1.09. The Balaban J connectivity index is 2.93. The summed E-state index contributed by atoms with van der Waals surface area (Å²) in [4.78, 5) is 13.0. The lowest BCUT2D eigenvalue weighted by atomic mass is 10.1. The summed E-state index contributed by atoms with van der Waals surface area (Å²) in [6, 6.07) is 3.79. The second-order valence-electron chi connectivity index (χ2n) is 3.21. The number of halogens is 4. The smallest absolute Gasteiger partial charge is 0.298 e. The molecule has 1 N–H and O–H groups in total. The van der Waals surface area contributed by atoms with Crippen molar-refractivity contribution >= 4 is 10.8 Å². The van der Waals surface area contributed by atoms with Gasteiger partial charge >= 0.3 is 6.18 Å². The van der Waals surface area contributed by atoms with E-state index in [0.717, 1.165) is 12.1 Å². The normalized spacial score (nSPS) is 12.0. The van der Waals surface area contributed by atoms with E-state index in [1.165, 1.54) is 6.07 Å². The number of rotatable bonds is 0. The van der Waals surface area contributed by atoms with Crippen LogP contribution in [-0.2, 0) is 6.18 Å². The zero-order chi connectivity index (χ0) is 11.9. The molecule has 0 saturated heterocycles. The summed E-state index contributed by atoms with van der Waals surface area (Å²) < 4.78 is 50.5. The van der Waals surface area contributed by atoms with Crippen LogP contribution < -0.4 is 5.56 Å². The molecule has 1 heterocycles. The molecule has 84 valence electrons. The van der Waals surface area contributed by atoms with E-state index in [4.69, 9.17) is 0 Å². The summed E-state index contributed by atoms with van der Waals surface area (Å²) in [6.45, 7) is 0.